The van der Waals surface area contributed by atoms with E-state index in [0.717, 1.165) is 28.0 Å². The summed E-state index contributed by atoms with van der Waals surface area (Å²) in [4.78, 5) is 0. The maximum atomic E-state index is 13.3. The fourth-order valence-corrected chi connectivity index (χ4v) is 2.89. The van der Waals surface area contributed by atoms with Crippen molar-refractivity contribution in [1.82, 2.24) is 15.2 Å². The molecule has 2 rings (SSSR count). The molecule has 0 saturated carbocycles. The molecule has 1 unspecified atom stereocenters. The Labute approximate surface area is 136 Å². The average molecular weight is 376 g/mol. The minimum absolute atomic E-state index is 0.0898. The lowest BCUT2D eigenvalue weighted by atomic mass is 10.0. The quantitative estimate of drug-likeness (QED) is 0.621. The number of hydrogen-bond donors (Lipinski definition) is 2. The van der Waals surface area contributed by atoms with Gasteiger partial charge in [-0.1, -0.05) is 17.7 Å². The van der Waals surface area contributed by atoms with Gasteiger partial charge in [0.2, 0.25) is 0 Å². The summed E-state index contributed by atoms with van der Waals surface area (Å²) in [6.45, 7) is 4.74. The molecule has 3 N–H and O–H groups in total. The first-order valence-corrected chi connectivity index (χ1v) is 7.77. The minimum Gasteiger partial charge on any atom is -0.271 e. The molecule has 21 heavy (non-hydrogen) atoms. The third-order valence-corrected chi connectivity index (χ3v) is 4.72. The number of halogens is 3. The number of nitrogens with two attached hydrogens (primary N) is 1. The van der Waals surface area contributed by atoms with Gasteiger partial charge in [0, 0.05) is 13.0 Å². The first-order chi connectivity index (χ1) is 9.97. The summed E-state index contributed by atoms with van der Waals surface area (Å²) in [7, 11) is 0. The first-order valence-electron chi connectivity index (χ1n) is 6.60. The highest BCUT2D eigenvalue weighted by atomic mass is 79.9. The zero-order valence-corrected chi connectivity index (χ0v) is 14.2. The molecule has 0 bridgehead atoms. The Kier molecular flexibility index (Phi) is 5.37. The number of nitrogens with one attached hydrogen (secondary N) is 1. The summed E-state index contributed by atoms with van der Waals surface area (Å²) < 4.78 is 16.2. The normalized spacial score (nSPS) is 12.7. The van der Waals surface area contributed by atoms with E-state index in [1.54, 1.807) is 12.1 Å². The van der Waals surface area contributed by atoms with Crippen molar-refractivity contribution in [2.45, 2.75) is 32.9 Å². The van der Waals surface area contributed by atoms with E-state index in [9.17, 15) is 4.39 Å². The third-order valence-electron chi connectivity index (χ3n) is 3.40. The van der Waals surface area contributed by atoms with Crippen molar-refractivity contribution >= 4 is 27.5 Å². The highest BCUT2D eigenvalue weighted by molar-refractivity contribution is 9.10. The maximum Gasteiger partial charge on any atom is 0.141 e. The van der Waals surface area contributed by atoms with E-state index in [1.165, 1.54) is 6.07 Å². The molecule has 0 saturated heterocycles. The SMILES string of the molecule is CCn1nc(C)c(Br)c1CC(NN)c1ccc(F)c(Cl)c1. The van der Waals surface area contributed by atoms with Crippen molar-refractivity contribution in [2.75, 3.05) is 0 Å². The van der Waals surface area contributed by atoms with Crippen LogP contribution in [-0.2, 0) is 13.0 Å². The Bertz CT molecular complexity index is 644. The van der Waals surface area contributed by atoms with Crippen molar-refractivity contribution < 1.29 is 4.39 Å². The van der Waals surface area contributed by atoms with Crippen LogP contribution in [0.2, 0.25) is 5.02 Å². The van der Waals surface area contributed by atoms with Gasteiger partial charge in [-0.05, 0) is 47.5 Å². The molecule has 2 aromatic rings. The number of nitrogens with zero attached hydrogens (tertiary/aromatic N) is 2. The summed E-state index contributed by atoms with van der Waals surface area (Å²) in [5.41, 5.74) is 5.56. The van der Waals surface area contributed by atoms with E-state index in [2.05, 4.69) is 26.5 Å². The molecule has 114 valence electrons. The lowest BCUT2D eigenvalue weighted by molar-refractivity contribution is 0.515. The number of aromatic nitrogens is 2. The Morgan fingerprint density at radius 1 is 1.52 bits per heavy atom. The van der Waals surface area contributed by atoms with Gasteiger partial charge in [0.05, 0.1) is 26.9 Å². The molecule has 7 heteroatoms. The largest absolute Gasteiger partial charge is 0.271 e. The molecule has 1 heterocycles. The molecule has 0 spiro atoms. The van der Waals surface area contributed by atoms with E-state index in [0.29, 0.717) is 6.42 Å². The van der Waals surface area contributed by atoms with Crippen LogP contribution in [0.4, 0.5) is 4.39 Å². The second-order valence-corrected chi connectivity index (χ2v) is 5.96. The summed E-state index contributed by atoms with van der Waals surface area (Å²) in [5, 5.41) is 4.55. The highest BCUT2D eigenvalue weighted by Crippen LogP contribution is 2.28. The highest BCUT2D eigenvalue weighted by Gasteiger charge is 2.19. The first kappa shape index (κ1) is 16.4. The Morgan fingerprint density at radius 3 is 2.81 bits per heavy atom. The topological polar surface area (TPSA) is 55.9 Å². The fourth-order valence-electron chi connectivity index (χ4n) is 2.26. The molecular weight excluding hydrogens is 359 g/mol. The van der Waals surface area contributed by atoms with Crippen LogP contribution < -0.4 is 11.3 Å². The molecule has 1 aromatic carbocycles. The summed E-state index contributed by atoms with van der Waals surface area (Å²) >= 11 is 9.40. The van der Waals surface area contributed by atoms with Gasteiger partial charge >= 0.3 is 0 Å². The van der Waals surface area contributed by atoms with Gasteiger partial charge < -0.3 is 0 Å². The second-order valence-electron chi connectivity index (χ2n) is 4.76. The van der Waals surface area contributed by atoms with Crippen molar-refractivity contribution in [1.29, 1.82) is 0 Å². The minimum atomic E-state index is -0.438. The van der Waals surface area contributed by atoms with Crippen LogP contribution in [0, 0.1) is 12.7 Å². The molecule has 0 amide bonds. The number of benzene rings is 1. The molecule has 0 aliphatic carbocycles. The zero-order valence-electron chi connectivity index (χ0n) is 11.8. The monoisotopic (exact) mass is 374 g/mol. The lowest BCUT2D eigenvalue weighted by Gasteiger charge is -2.18. The van der Waals surface area contributed by atoms with Crippen molar-refractivity contribution in [3.63, 3.8) is 0 Å². The van der Waals surface area contributed by atoms with Gasteiger partial charge in [0.1, 0.15) is 5.82 Å². The van der Waals surface area contributed by atoms with Gasteiger partial charge in [-0.2, -0.15) is 5.10 Å². The molecule has 1 aromatic heterocycles. The molecule has 0 fully saturated rings. The van der Waals surface area contributed by atoms with Crippen LogP contribution in [0.1, 0.15) is 29.9 Å². The van der Waals surface area contributed by atoms with Gasteiger partial charge in [-0.3, -0.25) is 16.0 Å². The molecule has 0 aliphatic rings. The van der Waals surface area contributed by atoms with Gasteiger partial charge in [0.25, 0.3) is 0 Å². The van der Waals surface area contributed by atoms with E-state index in [4.69, 9.17) is 17.4 Å². The Hall–Kier alpha value is -0.950. The van der Waals surface area contributed by atoms with Crippen LogP contribution in [0.25, 0.3) is 0 Å². The number of aryl methyl sites for hydroxylation is 2. The van der Waals surface area contributed by atoms with Crippen LogP contribution in [0.15, 0.2) is 22.7 Å². The second kappa shape index (κ2) is 6.87. The maximum absolute atomic E-state index is 13.3. The van der Waals surface area contributed by atoms with Gasteiger partial charge in [-0.25, -0.2) is 4.39 Å². The molecule has 0 radical (unpaired) electrons. The predicted octanol–water partition coefficient (Wildman–Crippen LogP) is 3.51. The molecule has 0 aliphatic heterocycles. The van der Waals surface area contributed by atoms with Crippen molar-refractivity contribution in [2.24, 2.45) is 5.84 Å². The van der Waals surface area contributed by atoms with Crippen molar-refractivity contribution in [3.8, 4) is 0 Å². The molecule has 1 atom stereocenters. The van der Waals surface area contributed by atoms with Gasteiger partial charge in [-0.15, -0.1) is 0 Å². The number of hydrazine groups is 1. The smallest absolute Gasteiger partial charge is 0.141 e. The fraction of sp³-hybridized carbons (Fsp3) is 0.357. The predicted molar refractivity (Wildman–Crippen MR) is 85.5 cm³/mol. The summed E-state index contributed by atoms with van der Waals surface area (Å²) in [6, 6.07) is 4.44. The van der Waals surface area contributed by atoms with Gasteiger partial charge in [0.15, 0.2) is 0 Å². The summed E-state index contributed by atoms with van der Waals surface area (Å²) in [5.74, 6) is 5.22. The average Bonchev–Trinajstić information content (AvgIpc) is 2.75. The number of rotatable bonds is 5. The van der Waals surface area contributed by atoms with E-state index in [-0.39, 0.29) is 11.1 Å². The third kappa shape index (κ3) is 3.45. The standard InChI is InChI=1S/C14H17BrClFN4/c1-3-21-13(14(15)8(2)20-21)7-12(19-18)9-4-5-11(17)10(16)6-9/h4-6,12,19H,3,7,18H2,1-2H3. The van der Waals surface area contributed by atoms with Crippen LogP contribution in [0.3, 0.4) is 0 Å². The molecule has 4 nitrogen and oxygen atoms in total. The van der Waals surface area contributed by atoms with E-state index < -0.39 is 5.82 Å². The van der Waals surface area contributed by atoms with Crippen LogP contribution >= 0.6 is 27.5 Å². The Balaban J connectivity index is 2.33. The molecular formula is C14H17BrClFN4. The van der Waals surface area contributed by atoms with Crippen LogP contribution in [-0.4, -0.2) is 9.78 Å². The number of hydrogen-bond acceptors (Lipinski definition) is 3. The van der Waals surface area contributed by atoms with Crippen molar-refractivity contribution in [3.05, 3.63) is 50.5 Å². The lowest BCUT2D eigenvalue weighted by Crippen LogP contribution is -2.30. The Morgan fingerprint density at radius 2 is 2.24 bits per heavy atom. The zero-order chi connectivity index (χ0) is 15.6. The van der Waals surface area contributed by atoms with E-state index >= 15 is 0 Å². The van der Waals surface area contributed by atoms with E-state index in [1.807, 2.05) is 18.5 Å². The summed E-state index contributed by atoms with van der Waals surface area (Å²) in [6.07, 6.45) is 0.619. The van der Waals surface area contributed by atoms with Crippen LogP contribution in [0.5, 0.6) is 0 Å².